The number of aliphatic hydroxyl groups excluding tert-OH is 1. The zero-order valence-corrected chi connectivity index (χ0v) is 21.3. The predicted molar refractivity (Wildman–Crippen MR) is 132 cm³/mol. The van der Waals surface area contributed by atoms with Crippen LogP contribution in [0, 0.1) is 40.4 Å². The second-order valence-corrected chi connectivity index (χ2v) is 12.8. The molecule has 4 fully saturated rings. The first kappa shape index (κ1) is 25.2. The third-order valence-electron chi connectivity index (χ3n) is 11.1. The van der Waals surface area contributed by atoms with Gasteiger partial charge in [0.1, 0.15) is 5.78 Å². The van der Waals surface area contributed by atoms with Crippen LogP contribution in [-0.2, 0) is 9.59 Å². The summed E-state index contributed by atoms with van der Waals surface area (Å²) in [5, 5.41) is 10.9. The van der Waals surface area contributed by atoms with Crippen molar-refractivity contribution in [2.24, 2.45) is 46.2 Å². The number of nitrogens with two attached hydrogens (primary N) is 1. The molecule has 4 saturated carbocycles. The van der Waals surface area contributed by atoms with E-state index in [4.69, 9.17) is 5.73 Å². The van der Waals surface area contributed by atoms with Crippen LogP contribution in [0.2, 0.25) is 0 Å². The number of hydrogen-bond donors (Lipinski definition) is 2. The molecule has 0 aromatic heterocycles. The molecule has 4 rings (SSSR count). The highest BCUT2D eigenvalue weighted by Crippen LogP contribution is 2.67. The normalized spacial score (nSPS) is 42.5. The number of carbonyl (C=O) groups is 2. The molecular formula is C29H49NO3. The average Bonchev–Trinajstić information content (AvgIpc) is 3.07. The number of aliphatic hydroxyl groups is 1. The third-order valence-corrected chi connectivity index (χ3v) is 11.1. The molecule has 0 radical (unpaired) electrons. The minimum atomic E-state index is -0.176. The van der Waals surface area contributed by atoms with E-state index in [0.717, 1.165) is 56.3 Å². The topological polar surface area (TPSA) is 80.4 Å². The van der Waals surface area contributed by atoms with Gasteiger partial charge in [-0.1, -0.05) is 58.8 Å². The molecule has 0 heterocycles. The SMILES string of the molecule is C[C@]12CCC(=O)CC1CC(CCCCCCCCCC(N)=O)[C@@H]1[C@H]2CC[C@]2(C)C(O)CC[C@@H]12. The molecule has 0 saturated heterocycles. The Labute approximate surface area is 201 Å². The van der Waals surface area contributed by atoms with Gasteiger partial charge in [0, 0.05) is 19.3 Å². The summed E-state index contributed by atoms with van der Waals surface area (Å²) in [6, 6.07) is 0. The molecule has 0 aromatic carbocycles. The molecule has 4 heteroatoms. The van der Waals surface area contributed by atoms with Crippen LogP contribution >= 0.6 is 0 Å². The van der Waals surface area contributed by atoms with Crippen LogP contribution in [0.5, 0.6) is 0 Å². The Kier molecular flexibility index (Phi) is 7.93. The number of rotatable bonds is 10. The Hall–Kier alpha value is -0.900. The van der Waals surface area contributed by atoms with E-state index in [1.165, 1.54) is 64.2 Å². The highest BCUT2D eigenvalue weighted by atomic mass is 16.3. The standard InChI is InChI=1S/C29H49NO3/c1-28-16-14-22(31)19-21(28)18-20(10-8-6-4-3-5-7-9-11-26(30)33)27-23-12-13-25(32)29(23,2)17-15-24(27)28/h20-21,23-25,27,32H,3-19H2,1-2H3,(H2,30,33)/t20?,21?,23-,24+,25?,27-,28-,29-/m0/s1. The summed E-state index contributed by atoms with van der Waals surface area (Å²) in [5.41, 5.74) is 5.69. The second-order valence-electron chi connectivity index (χ2n) is 12.8. The molecule has 4 nitrogen and oxygen atoms in total. The number of amides is 1. The number of hydrogen-bond acceptors (Lipinski definition) is 3. The van der Waals surface area contributed by atoms with Gasteiger partial charge >= 0.3 is 0 Å². The van der Waals surface area contributed by atoms with Crippen molar-refractivity contribution in [2.75, 3.05) is 0 Å². The van der Waals surface area contributed by atoms with Gasteiger partial charge in [-0.25, -0.2) is 0 Å². The van der Waals surface area contributed by atoms with Crippen LogP contribution in [0.15, 0.2) is 0 Å². The van der Waals surface area contributed by atoms with Crippen LogP contribution in [0.4, 0.5) is 0 Å². The number of Topliss-reactive ketones (excluding diaryl/α,β-unsaturated/α-hetero) is 1. The van der Waals surface area contributed by atoms with E-state index >= 15 is 0 Å². The van der Waals surface area contributed by atoms with E-state index in [9.17, 15) is 14.7 Å². The van der Waals surface area contributed by atoms with Crippen molar-refractivity contribution in [1.82, 2.24) is 0 Å². The fourth-order valence-corrected chi connectivity index (χ4v) is 9.08. The van der Waals surface area contributed by atoms with Crippen molar-refractivity contribution in [3.05, 3.63) is 0 Å². The van der Waals surface area contributed by atoms with Gasteiger partial charge in [-0.05, 0) is 85.4 Å². The number of ketones is 1. The first-order valence-corrected chi connectivity index (χ1v) is 14.2. The van der Waals surface area contributed by atoms with Gasteiger partial charge < -0.3 is 10.8 Å². The molecule has 188 valence electrons. The number of primary amides is 1. The van der Waals surface area contributed by atoms with E-state index in [0.29, 0.717) is 29.5 Å². The second kappa shape index (κ2) is 10.4. The maximum atomic E-state index is 12.4. The molecule has 8 atom stereocenters. The molecular weight excluding hydrogens is 410 g/mol. The highest BCUT2D eigenvalue weighted by molar-refractivity contribution is 5.79. The molecule has 4 aliphatic carbocycles. The van der Waals surface area contributed by atoms with Crippen molar-refractivity contribution in [3.8, 4) is 0 Å². The fourth-order valence-electron chi connectivity index (χ4n) is 9.08. The lowest BCUT2D eigenvalue weighted by Crippen LogP contribution is -2.57. The van der Waals surface area contributed by atoms with E-state index in [1.54, 1.807) is 0 Å². The molecule has 1 amide bonds. The average molecular weight is 460 g/mol. The van der Waals surface area contributed by atoms with Gasteiger partial charge in [-0.15, -0.1) is 0 Å². The fraction of sp³-hybridized carbons (Fsp3) is 0.931. The molecule has 3 N–H and O–H groups in total. The van der Waals surface area contributed by atoms with Crippen molar-refractivity contribution >= 4 is 11.7 Å². The van der Waals surface area contributed by atoms with Gasteiger partial charge in [-0.3, -0.25) is 9.59 Å². The van der Waals surface area contributed by atoms with Crippen LogP contribution in [0.3, 0.4) is 0 Å². The molecule has 0 spiro atoms. The predicted octanol–water partition coefficient (Wildman–Crippen LogP) is 6.18. The van der Waals surface area contributed by atoms with E-state index in [-0.39, 0.29) is 17.4 Å². The molecule has 33 heavy (non-hydrogen) atoms. The first-order chi connectivity index (χ1) is 15.8. The largest absolute Gasteiger partial charge is 0.393 e. The summed E-state index contributed by atoms with van der Waals surface area (Å²) in [6.07, 6.45) is 18.8. The Morgan fingerprint density at radius 1 is 0.939 bits per heavy atom. The maximum Gasteiger partial charge on any atom is 0.217 e. The lowest BCUT2D eigenvalue weighted by molar-refractivity contribution is -0.156. The third kappa shape index (κ3) is 5.07. The Morgan fingerprint density at radius 2 is 1.61 bits per heavy atom. The minimum absolute atomic E-state index is 0.114. The molecule has 4 aliphatic rings. The Bertz CT molecular complexity index is 707. The summed E-state index contributed by atoms with van der Waals surface area (Å²) in [7, 11) is 0. The van der Waals surface area contributed by atoms with Crippen molar-refractivity contribution in [2.45, 2.75) is 129 Å². The van der Waals surface area contributed by atoms with Gasteiger partial charge in [0.2, 0.25) is 5.91 Å². The van der Waals surface area contributed by atoms with Gasteiger partial charge in [0.15, 0.2) is 0 Å². The van der Waals surface area contributed by atoms with E-state index in [2.05, 4.69) is 13.8 Å². The lowest BCUT2D eigenvalue weighted by atomic mass is 9.42. The zero-order chi connectivity index (χ0) is 23.6. The number of carbonyl (C=O) groups excluding carboxylic acids is 2. The number of unbranched alkanes of at least 4 members (excludes halogenated alkanes) is 6. The van der Waals surface area contributed by atoms with Crippen molar-refractivity contribution in [3.63, 3.8) is 0 Å². The van der Waals surface area contributed by atoms with Crippen molar-refractivity contribution in [1.29, 1.82) is 0 Å². The molecule has 0 bridgehead atoms. The van der Waals surface area contributed by atoms with Crippen LogP contribution < -0.4 is 5.73 Å². The van der Waals surface area contributed by atoms with E-state index < -0.39 is 0 Å². The summed E-state index contributed by atoms with van der Waals surface area (Å²) in [6.45, 7) is 4.92. The smallest absolute Gasteiger partial charge is 0.217 e. The van der Waals surface area contributed by atoms with Crippen LogP contribution in [-0.4, -0.2) is 22.9 Å². The molecule has 0 aliphatic heterocycles. The molecule has 3 unspecified atom stereocenters. The summed E-state index contributed by atoms with van der Waals surface area (Å²) < 4.78 is 0. The van der Waals surface area contributed by atoms with Crippen LogP contribution in [0.1, 0.15) is 123 Å². The minimum Gasteiger partial charge on any atom is -0.393 e. The number of fused-ring (bicyclic) bond motifs is 5. The first-order valence-electron chi connectivity index (χ1n) is 14.2. The summed E-state index contributed by atoms with van der Waals surface area (Å²) in [5.74, 6) is 3.84. The summed E-state index contributed by atoms with van der Waals surface area (Å²) >= 11 is 0. The lowest BCUT2D eigenvalue weighted by Gasteiger charge is -2.62. The van der Waals surface area contributed by atoms with Gasteiger partial charge in [0.25, 0.3) is 0 Å². The zero-order valence-electron chi connectivity index (χ0n) is 21.3. The van der Waals surface area contributed by atoms with Crippen LogP contribution in [0.25, 0.3) is 0 Å². The van der Waals surface area contributed by atoms with Crippen molar-refractivity contribution < 1.29 is 14.7 Å². The van der Waals surface area contributed by atoms with E-state index in [1.807, 2.05) is 0 Å². The van der Waals surface area contributed by atoms with Gasteiger partial charge in [-0.2, -0.15) is 0 Å². The van der Waals surface area contributed by atoms with Gasteiger partial charge in [0.05, 0.1) is 6.10 Å². The highest BCUT2D eigenvalue weighted by Gasteiger charge is 2.62. The maximum absolute atomic E-state index is 12.4. The Balaban J connectivity index is 1.35. The quantitative estimate of drug-likeness (QED) is 0.383. The summed E-state index contributed by atoms with van der Waals surface area (Å²) in [4.78, 5) is 23.2. The Morgan fingerprint density at radius 3 is 2.33 bits per heavy atom. The molecule has 0 aromatic rings. The monoisotopic (exact) mass is 459 g/mol.